The molecule has 5 nitrogen and oxygen atoms in total. The summed E-state index contributed by atoms with van der Waals surface area (Å²) in [6, 6.07) is 4.95. The SMILES string of the molecule is Cc1cnc(OC2CCN(C(=O)CCc3ccc(F)c(Cl)c3)CC2)nc1. The van der Waals surface area contributed by atoms with E-state index in [0.29, 0.717) is 31.9 Å². The standard InChI is InChI=1S/C19H21ClFN3O2/c1-13-11-22-19(23-12-13)26-15-6-8-24(9-7-15)18(25)5-3-14-2-4-17(21)16(20)10-14/h2,4,10-12,15H,3,5-9H2,1H3. The van der Waals surface area contributed by atoms with Crippen LogP contribution in [0, 0.1) is 12.7 Å². The third-order valence-electron chi connectivity index (χ3n) is 4.44. The van der Waals surface area contributed by atoms with Gasteiger partial charge in [0, 0.05) is 44.7 Å². The highest BCUT2D eigenvalue weighted by Gasteiger charge is 2.24. The van der Waals surface area contributed by atoms with Crippen LogP contribution < -0.4 is 4.74 Å². The summed E-state index contributed by atoms with van der Waals surface area (Å²) in [7, 11) is 0. The molecule has 1 aromatic carbocycles. The third kappa shape index (κ3) is 4.91. The van der Waals surface area contributed by atoms with E-state index in [9.17, 15) is 9.18 Å². The average Bonchev–Trinajstić information content (AvgIpc) is 2.65. The number of halogens is 2. The lowest BCUT2D eigenvalue weighted by Crippen LogP contribution is -2.42. The molecule has 1 aromatic heterocycles. The maximum atomic E-state index is 13.2. The zero-order valence-corrected chi connectivity index (χ0v) is 15.4. The maximum absolute atomic E-state index is 13.2. The molecule has 3 rings (SSSR count). The molecule has 1 aliphatic heterocycles. The van der Waals surface area contributed by atoms with Crippen molar-refractivity contribution in [2.45, 2.75) is 38.7 Å². The predicted octanol–water partition coefficient (Wildman–Crippen LogP) is 3.58. The second-order valence-corrected chi connectivity index (χ2v) is 6.90. The lowest BCUT2D eigenvalue weighted by atomic mass is 10.1. The molecule has 0 spiro atoms. The zero-order chi connectivity index (χ0) is 18.5. The average molecular weight is 378 g/mol. The Kier molecular flexibility index (Phi) is 6.04. The van der Waals surface area contributed by atoms with Crippen molar-refractivity contribution in [1.29, 1.82) is 0 Å². The fraction of sp³-hybridized carbons (Fsp3) is 0.421. The number of aromatic nitrogens is 2. The molecule has 0 unspecified atom stereocenters. The van der Waals surface area contributed by atoms with Gasteiger partial charge in [-0.05, 0) is 36.6 Å². The van der Waals surface area contributed by atoms with Crippen molar-refractivity contribution < 1.29 is 13.9 Å². The molecular formula is C19H21ClFN3O2. The second-order valence-electron chi connectivity index (χ2n) is 6.49. The summed E-state index contributed by atoms with van der Waals surface area (Å²) >= 11 is 5.77. The number of ether oxygens (including phenoxy) is 1. The van der Waals surface area contributed by atoms with Crippen LogP contribution in [-0.2, 0) is 11.2 Å². The number of rotatable bonds is 5. The van der Waals surface area contributed by atoms with E-state index in [2.05, 4.69) is 9.97 Å². The molecular weight excluding hydrogens is 357 g/mol. The third-order valence-corrected chi connectivity index (χ3v) is 4.73. The van der Waals surface area contributed by atoms with Gasteiger partial charge in [-0.3, -0.25) is 4.79 Å². The molecule has 0 atom stereocenters. The number of hydrogen-bond acceptors (Lipinski definition) is 4. The molecule has 1 fully saturated rings. The summed E-state index contributed by atoms with van der Waals surface area (Å²) in [5, 5.41) is 0.0891. The van der Waals surface area contributed by atoms with Gasteiger partial charge in [-0.2, -0.15) is 0 Å². The molecule has 0 radical (unpaired) electrons. The summed E-state index contributed by atoms with van der Waals surface area (Å²) < 4.78 is 19.0. The Morgan fingerprint density at radius 2 is 2.00 bits per heavy atom. The monoisotopic (exact) mass is 377 g/mol. The lowest BCUT2D eigenvalue weighted by Gasteiger charge is -2.31. The minimum Gasteiger partial charge on any atom is -0.460 e. The number of benzene rings is 1. The van der Waals surface area contributed by atoms with E-state index in [0.717, 1.165) is 24.0 Å². The quantitative estimate of drug-likeness (QED) is 0.799. The normalized spacial score (nSPS) is 15.1. The number of amides is 1. The van der Waals surface area contributed by atoms with Crippen molar-refractivity contribution in [2.75, 3.05) is 13.1 Å². The topological polar surface area (TPSA) is 55.3 Å². The minimum absolute atomic E-state index is 0.0256. The van der Waals surface area contributed by atoms with Gasteiger partial charge in [-0.1, -0.05) is 17.7 Å². The highest BCUT2D eigenvalue weighted by atomic mass is 35.5. The highest BCUT2D eigenvalue weighted by Crippen LogP contribution is 2.19. The van der Waals surface area contributed by atoms with E-state index in [1.165, 1.54) is 6.07 Å². The van der Waals surface area contributed by atoms with Crippen molar-refractivity contribution in [1.82, 2.24) is 14.9 Å². The van der Waals surface area contributed by atoms with Gasteiger partial charge in [-0.25, -0.2) is 14.4 Å². The summed E-state index contributed by atoms with van der Waals surface area (Å²) in [5.74, 6) is -0.350. The minimum atomic E-state index is -0.443. The molecule has 0 N–H and O–H groups in total. The van der Waals surface area contributed by atoms with Gasteiger partial charge >= 0.3 is 6.01 Å². The Morgan fingerprint density at radius 1 is 1.31 bits per heavy atom. The Morgan fingerprint density at radius 3 is 2.65 bits per heavy atom. The molecule has 7 heteroatoms. The molecule has 1 saturated heterocycles. The summed E-state index contributed by atoms with van der Waals surface area (Å²) in [4.78, 5) is 22.5. The molecule has 26 heavy (non-hydrogen) atoms. The van der Waals surface area contributed by atoms with Crippen LogP contribution in [0.25, 0.3) is 0 Å². The van der Waals surface area contributed by atoms with Gasteiger partial charge in [0.25, 0.3) is 0 Å². The number of carbonyl (C=O) groups is 1. The van der Waals surface area contributed by atoms with Crippen LogP contribution in [-0.4, -0.2) is 40.0 Å². The number of hydrogen-bond donors (Lipinski definition) is 0. The fourth-order valence-corrected chi connectivity index (χ4v) is 3.12. The molecule has 138 valence electrons. The van der Waals surface area contributed by atoms with Gasteiger partial charge < -0.3 is 9.64 Å². The van der Waals surface area contributed by atoms with E-state index in [-0.39, 0.29) is 17.0 Å². The first-order valence-electron chi connectivity index (χ1n) is 8.68. The van der Waals surface area contributed by atoms with Gasteiger partial charge in [0.1, 0.15) is 11.9 Å². The Balaban J connectivity index is 1.44. The number of likely N-dealkylation sites (tertiary alicyclic amines) is 1. The van der Waals surface area contributed by atoms with E-state index in [1.807, 2.05) is 11.8 Å². The van der Waals surface area contributed by atoms with E-state index in [4.69, 9.17) is 16.3 Å². The first-order valence-corrected chi connectivity index (χ1v) is 9.06. The fourth-order valence-electron chi connectivity index (χ4n) is 2.92. The van der Waals surface area contributed by atoms with Crippen molar-refractivity contribution in [3.8, 4) is 6.01 Å². The van der Waals surface area contributed by atoms with Crippen LogP contribution in [0.2, 0.25) is 5.02 Å². The van der Waals surface area contributed by atoms with Crippen LogP contribution >= 0.6 is 11.6 Å². The molecule has 2 heterocycles. The van der Waals surface area contributed by atoms with E-state index in [1.54, 1.807) is 24.5 Å². The smallest absolute Gasteiger partial charge is 0.316 e. The van der Waals surface area contributed by atoms with Gasteiger partial charge in [0.05, 0.1) is 5.02 Å². The molecule has 2 aromatic rings. The zero-order valence-electron chi connectivity index (χ0n) is 14.6. The Labute approximate surface area is 157 Å². The lowest BCUT2D eigenvalue weighted by molar-refractivity contribution is -0.133. The van der Waals surface area contributed by atoms with Crippen LogP contribution in [0.4, 0.5) is 4.39 Å². The Hall–Kier alpha value is -2.21. The summed E-state index contributed by atoms with van der Waals surface area (Å²) in [6.07, 6.45) is 5.92. The predicted molar refractivity (Wildman–Crippen MR) is 96.7 cm³/mol. The molecule has 1 aliphatic rings. The van der Waals surface area contributed by atoms with Crippen LogP contribution in [0.15, 0.2) is 30.6 Å². The summed E-state index contributed by atoms with van der Waals surface area (Å²) in [5.41, 5.74) is 1.85. The first-order chi connectivity index (χ1) is 12.5. The number of nitrogens with zero attached hydrogens (tertiary/aromatic N) is 3. The second kappa shape index (κ2) is 8.45. The number of aryl methyl sites for hydroxylation is 2. The molecule has 1 amide bonds. The van der Waals surface area contributed by atoms with Gasteiger partial charge in [-0.15, -0.1) is 0 Å². The van der Waals surface area contributed by atoms with Crippen molar-refractivity contribution in [3.63, 3.8) is 0 Å². The van der Waals surface area contributed by atoms with Crippen LogP contribution in [0.3, 0.4) is 0 Å². The van der Waals surface area contributed by atoms with Crippen molar-refractivity contribution in [2.24, 2.45) is 0 Å². The molecule has 0 bridgehead atoms. The van der Waals surface area contributed by atoms with Crippen molar-refractivity contribution in [3.05, 3.63) is 52.6 Å². The van der Waals surface area contributed by atoms with Crippen LogP contribution in [0.5, 0.6) is 6.01 Å². The van der Waals surface area contributed by atoms with Gasteiger partial charge in [0.2, 0.25) is 5.91 Å². The van der Waals surface area contributed by atoms with Crippen molar-refractivity contribution >= 4 is 17.5 Å². The first kappa shape index (κ1) is 18.6. The highest BCUT2D eigenvalue weighted by molar-refractivity contribution is 6.30. The Bertz CT molecular complexity index is 762. The summed E-state index contributed by atoms with van der Waals surface area (Å²) in [6.45, 7) is 3.23. The van der Waals surface area contributed by atoms with Gasteiger partial charge in [0.15, 0.2) is 0 Å². The largest absolute Gasteiger partial charge is 0.460 e. The van der Waals surface area contributed by atoms with E-state index >= 15 is 0 Å². The number of piperidine rings is 1. The molecule has 0 saturated carbocycles. The maximum Gasteiger partial charge on any atom is 0.316 e. The number of carbonyl (C=O) groups excluding carboxylic acids is 1. The molecule has 0 aliphatic carbocycles. The van der Waals surface area contributed by atoms with Crippen LogP contribution in [0.1, 0.15) is 30.4 Å². The van der Waals surface area contributed by atoms with E-state index < -0.39 is 5.82 Å².